The third-order valence-electron chi connectivity index (χ3n) is 5.21. The largest absolute Gasteiger partial charge is 0.382 e. The number of benzene rings is 1. The highest BCUT2D eigenvalue weighted by molar-refractivity contribution is 5.56. The van der Waals surface area contributed by atoms with Crippen LogP contribution < -0.4 is 16.0 Å². The van der Waals surface area contributed by atoms with Crippen molar-refractivity contribution in [2.24, 2.45) is 11.7 Å². The molecule has 24 heavy (non-hydrogen) atoms. The molecule has 0 amide bonds. The number of ether oxygens (including phenoxy) is 1. The first-order valence-electron chi connectivity index (χ1n) is 9.20. The molecule has 1 aliphatic heterocycles. The van der Waals surface area contributed by atoms with Crippen molar-refractivity contribution < 1.29 is 9.13 Å². The zero-order chi connectivity index (χ0) is 17.1. The smallest absolute Gasteiger partial charge is 0.148 e. The Morgan fingerprint density at radius 3 is 2.46 bits per heavy atom. The minimum absolute atomic E-state index is 0.173. The molecule has 3 N–H and O–H groups in total. The van der Waals surface area contributed by atoms with Crippen molar-refractivity contribution in [2.45, 2.75) is 57.8 Å². The van der Waals surface area contributed by atoms with E-state index in [9.17, 15) is 4.39 Å². The second kappa shape index (κ2) is 7.70. The van der Waals surface area contributed by atoms with E-state index >= 15 is 0 Å². The van der Waals surface area contributed by atoms with Gasteiger partial charge in [0.2, 0.25) is 0 Å². The van der Waals surface area contributed by atoms with E-state index in [-0.39, 0.29) is 18.0 Å². The van der Waals surface area contributed by atoms with Gasteiger partial charge in [0.05, 0.1) is 17.9 Å². The second-order valence-electron chi connectivity index (χ2n) is 7.49. The van der Waals surface area contributed by atoms with Crippen molar-refractivity contribution >= 4 is 11.4 Å². The predicted octanol–water partition coefficient (Wildman–Crippen LogP) is 3.37. The summed E-state index contributed by atoms with van der Waals surface area (Å²) >= 11 is 0. The molecule has 1 heterocycles. The predicted molar refractivity (Wildman–Crippen MR) is 97.0 cm³/mol. The average Bonchev–Trinajstić information content (AvgIpc) is 2.54. The van der Waals surface area contributed by atoms with Gasteiger partial charge in [0.15, 0.2) is 0 Å². The van der Waals surface area contributed by atoms with Gasteiger partial charge >= 0.3 is 0 Å². The highest BCUT2D eigenvalue weighted by Gasteiger charge is 2.23. The average molecular weight is 335 g/mol. The van der Waals surface area contributed by atoms with Crippen LogP contribution in [0.1, 0.15) is 39.5 Å². The molecule has 2 fully saturated rings. The minimum Gasteiger partial charge on any atom is -0.382 e. The number of rotatable bonds is 4. The molecule has 4 nitrogen and oxygen atoms in total. The van der Waals surface area contributed by atoms with Gasteiger partial charge in [-0.25, -0.2) is 4.39 Å². The van der Waals surface area contributed by atoms with Gasteiger partial charge in [0, 0.05) is 31.4 Å². The van der Waals surface area contributed by atoms with E-state index in [2.05, 4.69) is 24.1 Å². The molecule has 1 saturated heterocycles. The molecule has 1 aromatic rings. The van der Waals surface area contributed by atoms with Gasteiger partial charge in [0.25, 0.3) is 0 Å². The molecule has 134 valence electrons. The molecule has 5 heteroatoms. The lowest BCUT2D eigenvalue weighted by Crippen LogP contribution is -2.45. The van der Waals surface area contributed by atoms with Gasteiger partial charge in [-0.3, -0.25) is 0 Å². The summed E-state index contributed by atoms with van der Waals surface area (Å²) in [7, 11) is 0. The first kappa shape index (κ1) is 17.5. The number of nitrogens with zero attached hydrogens (tertiary/aromatic N) is 1. The van der Waals surface area contributed by atoms with Crippen LogP contribution >= 0.6 is 0 Å². The molecule has 2 aliphatic rings. The number of hydrogen-bond acceptors (Lipinski definition) is 4. The topological polar surface area (TPSA) is 50.5 Å². The van der Waals surface area contributed by atoms with Crippen molar-refractivity contribution in [2.75, 3.05) is 29.9 Å². The molecule has 2 atom stereocenters. The van der Waals surface area contributed by atoms with E-state index in [0.29, 0.717) is 17.6 Å². The van der Waals surface area contributed by atoms with Crippen molar-refractivity contribution in [1.82, 2.24) is 0 Å². The van der Waals surface area contributed by atoms with Crippen LogP contribution in [0.2, 0.25) is 0 Å². The Hall–Kier alpha value is -1.33. The highest BCUT2D eigenvalue weighted by Crippen LogP contribution is 2.27. The number of nitrogens with one attached hydrogen (secondary N) is 1. The van der Waals surface area contributed by atoms with Gasteiger partial charge < -0.3 is 20.7 Å². The summed E-state index contributed by atoms with van der Waals surface area (Å²) in [5.74, 6) is 0.427. The van der Waals surface area contributed by atoms with Crippen LogP contribution in [0.25, 0.3) is 0 Å². The van der Waals surface area contributed by atoms with Crippen LogP contribution in [-0.4, -0.2) is 37.9 Å². The highest BCUT2D eigenvalue weighted by atomic mass is 19.1. The fraction of sp³-hybridized carbons (Fsp3) is 0.684. The van der Waals surface area contributed by atoms with Gasteiger partial charge in [-0.2, -0.15) is 0 Å². The Morgan fingerprint density at radius 2 is 1.83 bits per heavy atom. The summed E-state index contributed by atoms with van der Waals surface area (Å²) in [6.07, 6.45) is 4.79. The van der Waals surface area contributed by atoms with Crippen LogP contribution in [0.15, 0.2) is 18.2 Å². The fourth-order valence-corrected chi connectivity index (χ4v) is 3.88. The molecule has 0 aromatic heterocycles. The minimum atomic E-state index is -0.174. The SMILES string of the molecule is CC1CN(c2ccc(NCC3CCC(N)CC3)c(F)c2)CC(C)O1. The number of morpholine rings is 1. The third-order valence-corrected chi connectivity index (χ3v) is 5.21. The van der Waals surface area contributed by atoms with E-state index in [1.807, 2.05) is 12.1 Å². The van der Waals surface area contributed by atoms with Gasteiger partial charge in [-0.15, -0.1) is 0 Å². The van der Waals surface area contributed by atoms with Crippen LogP contribution in [0.4, 0.5) is 15.8 Å². The summed E-state index contributed by atoms with van der Waals surface area (Å²) < 4.78 is 20.2. The molecule has 1 saturated carbocycles. The summed E-state index contributed by atoms with van der Waals surface area (Å²) in [6.45, 7) is 6.56. The molecule has 0 bridgehead atoms. The Kier molecular flexibility index (Phi) is 5.61. The zero-order valence-electron chi connectivity index (χ0n) is 14.8. The normalized spacial score (nSPS) is 31.1. The Labute approximate surface area is 144 Å². The van der Waals surface area contributed by atoms with Crippen LogP contribution in [-0.2, 0) is 4.74 Å². The maximum atomic E-state index is 14.5. The van der Waals surface area contributed by atoms with Crippen molar-refractivity contribution in [3.63, 3.8) is 0 Å². The first-order chi connectivity index (χ1) is 11.5. The van der Waals surface area contributed by atoms with Crippen LogP contribution in [0, 0.1) is 11.7 Å². The lowest BCUT2D eigenvalue weighted by atomic mass is 9.86. The van der Waals surface area contributed by atoms with Gasteiger partial charge in [0.1, 0.15) is 5.82 Å². The van der Waals surface area contributed by atoms with Crippen molar-refractivity contribution in [3.05, 3.63) is 24.0 Å². The Morgan fingerprint density at radius 1 is 1.17 bits per heavy atom. The van der Waals surface area contributed by atoms with Crippen molar-refractivity contribution in [1.29, 1.82) is 0 Å². The summed E-state index contributed by atoms with van der Waals surface area (Å²) in [5.41, 5.74) is 7.48. The molecule has 0 radical (unpaired) electrons. The van der Waals surface area contributed by atoms with Crippen LogP contribution in [0.5, 0.6) is 0 Å². The summed E-state index contributed by atoms with van der Waals surface area (Å²) in [4.78, 5) is 2.20. The molecular formula is C19H30FN3O. The molecular weight excluding hydrogens is 305 g/mol. The van der Waals surface area contributed by atoms with Gasteiger partial charge in [-0.05, 0) is 63.6 Å². The van der Waals surface area contributed by atoms with E-state index < -0.39 is 0 Å². The van der Waals surface area contributed by atoms with Crippen molar-refractivity contribution in [3.8, 4) is 0 Å². The summed E-state index contributed by atoms with van der Waals surface area (Å²) in [5, 5.41) is 3.29. The van der Waals surface area contributed by atoms with E-state index in [1.165, 1.54) is 0 Å². The van der Waals surface area contributed by atoms with Gasteiger partial charge in [-0.1, -0.05) is 0 Å². The lowest BCUT2D eigenvalue weighted by molar-refractivity contribution is -0.00523. The Bertz CT molecular complexity index is 535. The molecule has 2 unspecified atom stereocenters. The zero-order valence-corrected chi connectivity index (χ0v) is 14.8. The number of anilines is 2. The third kappa shape index (κ3) is 4.39. The maximum absolute atomic E-state index is 14.5. The molecule has 1 aliphatic carbocycles. The molecule has 3 rings (SSSR count). The maximum Gasteiger partial charge on any atom is 0.148 e. The van der Waals surface area contributed by atoms with Crippen LogP contribution in [0.3, 0.4) is 0 Å². The summed E-state index contributed by atoms with van der Waals surface area (Å²) in [6, 6.07) is 5.87. The molecule has 1 aromatic carbocycles. The van der Waals surface area contributed by atoms with E-state index in [4.69, 9.17) is 10.5 Å². The second-order valence-corrected chi connectivity index (χ2v) is 7.49. The number of halogens is 1. The standard InChI is InChI=1S/C19H30FN3O/c1-13-11-23(12-14(2)24-13)17-7-8-19(18(20)9-17)22-10-15-3-5-16(21)6-4-15/h7-9,13-16,22H,3-6,10-12,21H2,1-2H3. The number of nitrogens with two attached hydrogens (primary N) is 1. The number of hydrogen-bond donors (Lipinski definition) is 2. The molecule has 0 spiro atoms. The quantitative estimate of drug-likeness (QED) is 0.886. The fourth-order valence-electron chi connectivity index (χ4n) is 3.88. The Balaban J connectivity index is 1.58. The monoisotopic (exact) mass is 335 g/mol. The first-order valence-corrected chi connectivity index (χ1v) is 9.20. The van der Waals surface area contributed by atoms with E-state index in [0.717, 1.165) is 51.0 Å². The van der Waals surface area contributed by atoms with E-state index in [1.54, 1.807) is 6.07 Å². The lowest BCUT2D eigenvalue weighted by Gasteiger charge is -2.37.